The van der Waals surface area contributed by atoms with Gasteiger partial charge in [-0.3, -0.25) is 14.5 Å². The number of benzene rings is 1. The number of carbonyl (C=O) groups excluding carboxylic acids is 1. The van der Waals surface area contributed by atoms with E-state index < -0.39 is 34.6 Å². The normalized spacial score (nSPS) is 19.1. The molecule has 0 radical (unpaired) electrons. The molecule has 1 aromatic carbocycles. The van der Waals surface area contributed by atoms with Crippen LogP contribution in [-0.2, 0) is 15.7 Å². The van der Waals surface area contributed by atoms with Crippen molar-refractivity contribution in [1.29, 1.82) is 0 Å². The number of hydrogen-bond acceptors (Lipinski definition) is 9. The molecule has 0 bridgehead atoms. The van der Waals surface area contributed by atoms with Crippen LogP contribution < -0.4 is 20.7 Å². The minimum Gasteiger partial charge on any atom is -0.378 e. The zero-order valence-electron chi connectivity index (χ0n) is 24.4. The molecule has 2 unspecified atom stereocenters. The molecule has 4 heterocycles. The second kappa shape index (κ2) is 12.9. The van der Waals surface area contributed by atoms with Crippen LogP contribution in [0.5, 0.6) is 0 Å². The van der Waals surface area contributed by atoms with Gasteiger partial charge in [-0.05, 0) is 25.7 Å². The van der Waals surface area contributed by atoms with Gasteiger partial charge in [0.25, 0.3) is 5.91 Å². The fourth-order valence-electron chi connectivity index (χ4n) is 5.46. The maximum Gasteiger partial charge on any atom is 0.417 e. The summed E-state index contributed by atoms with van der Waals surface area (Å²) in [5, 5.41) is 2.54. The largest absolute Gasteiger partial charge is 0.417 e. The maximum atomic E-state index is 15.8. The number of anilines is 3. The number of hydrogen-bond donors (Lipinski definition) is 2. The molecule has 2 fully saturated rings. The summed E-state index contributed by atoms with van der Waals surface area (Å²) in [6.07, 6.45) is -1.59. The molecule has 11 nitrogen and oxygen atoms in total. The van der Waals surface area contributed by atoms with Gasteiger partial charge >= 0.3 is 6.18 Å². The van der Waals surface area contributed by atoms with Crippen molar-refractivity contribution in [1.82, 2.24) is 19.9 Å². The highest BCUT2D eigenvalue weighted by molar-refractivity contribution is 6.07. The average molecular weight is 620 g/mol. The van der Waals surface area contributed by atoms with Crippen LogP contribution in [0, 0.1) is 5.82 Å². The predicted octanol–water partition coefficient (Wildman–Crippen LogP) is 3.23. The van der Waals surface area contributed by atoms with Crippen LogP contribution in [0.2, 0.25) is 0 Å². The van der Waals surface area contributed by atoms with Crippen LogP contribution in [0.3, 0.4) is 0 Å². The first-order valence-corrected chi connectivity index (χ1v) is 14.1. The molecule has 3 aromatic rings. The third kappa shape index (κ3) is 6.54. The molecule has 2 N–H and O–H groups in total. The van der Waals surface area contributed by atoms with Crippen LogP contribution in [0.25, 0.3) is 11.1 Å². The van der Waals surface area contributed by atoms with Crippen molar-refractivity contribution in [3.05, 3.63) is 64.1 Å². The molecule has 1 amide bonds. The third-order valence-corrected chi connectivity index (χ3v) is 8.00. The molecule has 2 aromatic heterocycles. The lowest BCUT2D eigenvalue weighted by Crippen LogP contribution is -2.41. The summed E-state index contributed by atoms with van der Waals surface area (Å²) in [5.74, 6) is -1.31. The Morgan fingerprint density at radius 1 is 1.16 bits per heavy atom. The number of ether oxygens (including phenoxy) is 2. The standard InChI is InChI=1S/C29H33F4N7O4/c1-4-38(2)24-15-40(16-25(24)43-3)23-11-21(30)18(17-12-35-28(36-13-17)39-5-7-44-8-6-39)9-22(23)37-27(42)19-14-34-26(41)10-20(19)29(31,32)33/h9-14,24-25H,4-8,15-16H2,1-3H3,(H,34,41)(H,37,42). The maximum absolute atomic E-state index is 15.8. The van der Waals surface area contributed by atoms with E-state index in [4.69, 9.17) is 9.47 Å². The summed E-state index contributed by atoms with van der Waals surface area (Å²) in [4.78, 5) is 41.7. The number of rotatable bonds is 8. The van der Waals surface area contributed by atoms with Gasteiger partial charge in [0.1, 0.15) is 5.82 Å². The van der Waals surface area contributed by atoms with Gasteiger partial charge in [-0.25, -0.2) is 14.4 Å². The van der Waals surface area contributed by atoms with E-state index in [9.17, 15) is 22.8 Å². The van der Waals surface area contributed by atoms with Gasteiger partial charge < -0.3 is 29.6 Å². The Morgan fingerprint density at radius 2 is 1.86 bits per heavy atom. The number of morpholine rings is 1. The highest BCUT2D eigenvalue weighted by Gasteiger charge is 2.38. The molecule has 2 aliphatic heterocycles. The number of pyridine rings is 1. The summed E-state index contributed by atoms with van der Waals surface area (Å²) in [7, 11) is 3.51. The third-order valence-electron chi connectivity index (χ3n) is 8.00. The van der Waals surface area contributed by atoms with Crippen molar-refractivity contribution in [2.45, 2.75) is 25.2 Å². The Labute approximate surface area is 250 Å². The summed E-state index contributed by atoms with van der Waals surface area (Å²) in [6.45, 7) is 5.75. The lowest BCUT2D eigenvalue weighted by atomic mass is 10.0. The highest BCUT2D eigenvalue weighted by atomic mass is 19.4. The Morgan fingerprint density at radius 3 is 2.50 bits per heavy atom. The summed E-state index contributed by atoms with van der Waals surface area (Å²) in [5.41, 5.74) is -2.50. The van der Waals surface area contributed by atoms with Crippen molar-refractivity contribution in [3.63, 3.8) is 0 Å². The number of likely N-dealkylation sites (N-methyl/N-ethyl adjacent to an activating group) is 1. The molecule has 0 aliphatic carbocycles. The Balaban J connectivity index is 1.54. The van der Waals surface area contributed by atoms with Crippen LogP contribution >= 0.6 is 0 Å². The molecule has 44 heavy (non-hydrogen) atoms. The number of halogens is 4. The first kappa shape index (κ1) is 31.3. The first-order chi connectivity index (χ1) is 21.0. The number of alkyl halides is 3. The van der Waals surface area contributed by atoms with Crippen LogP contribution in [0.15, 0.2) is 41.6 Å². The Bertz CT molecular complexity index is 1540. The van der Waals surface area contributed by atoms with E-state index in [2.05, 4.69) is 25.2 Å². The minimum absolute atomic E-state index is 0.0415. The van der Waals surface area contributed by atoms with Gasteiger partial charge in [0, 0.05) is 69.1 Å². The number of carbonyl (C=O) groups is 1. The second-order valence-corrected chi connectivity index (χ2v) is 10.6. The van der Waals surface area contributed by atoms with Crippen molar-refractivity contribution in [2.24, 2.45) is 0 Å². The van der Waals surface area contributed by atoms with Crippen molar-refractivity contribution < 1.29 is 31.8 Å². The van der Waals surface area contributed by atoms with Gasteiger partial charge in [-0.2, -0.15) is 13.2 Å². The summed E-state index contributed by atoms with van der Waals surface area (Å²) >= 11 is 0. The van der Waals surface area contributed by atoms with E-state index in [0.717, 1.165) is 6.54 Å². The minimum atomic E-state index is -4.96. The molecule has 2 atom stereocenters. The van der Waals surface area contributed by atoms with Crippen LogP contribution in [0.1, 0.15) is 22.8 Å². The van der Waals surface area contributed by atoms with E-state index in [-0.39, 0.29) is 29.1 Å². The van der Waals surface area contributed by atoms with Gasteiger partial charge in [-0.1, -0.05) is 6.92 Å². The van der Waals surface area contributed by atoms with Crippen molar-refractivity contribution in [2.75, 3.05) is 75.2 Å². The monoisotopic (exact) mass is 619 g/mol. The molecule has 236 valence electrons. The fraction of sp³-hybridized carbons (Fsp3) is 0.448. The van der Waals surface area contributed by atoms with Crippen molar-refractivity contribution >= 4 is 23.2 Å². The van der Waals surface area contributed by atoms with E-state index in [1.165, 1.54) is 24.5 Å². The molecule has 15 heteroatoms. The average Bonchev–Trinajstić information content (AvgIpc) is 3.46. The smallest absolute Gasteiger partial charge is 0.378 e. The first-order valence-electron chi connectivity index (χ1n) is 14.1. The summed E-state index contributed by atoms with van der Waals surface area (Å²) < 4.78 is 68.1. The number of amides is 1. The molecule has 2 saturated heterocycles. The van der Waals surface area contributed by atoms with E-state index in [1.807, 2.05) is 23.8 Å². The van der Waals surface area contributed by atoms with Crippen LogP contribution in [-0.4, -0.2) is 98.0 Å². The van der Waals surface area contributed by atoms with Gasteiger partial charge in [0.15, 0.2) is 0 Å². The number of nitrogens with zero attached hydrogens (tertiary/aromatic N) is 5. The van der Waals surface area contributed by atoms with Gasteiger partial charge in [0.2, 0.25) is 11.5 Å². The number of nitrogens with one attached hydrogen (secondary N) is 2. The zero-order valence-corrected chi connectivity index (χ0v) is 24.4. The fourth-order valence-corrected chi connectivity index (χ4v) is 5.46. The van der Waals surface area contributed by atoms with E-state index in [0.29, 0.717) is 63.2 Å². The quantitative estimate of drug-likeness (QED) is 0.367. The highest BCUT2D eigenvalue weighted by Crippen LogP contribution is 2.38. The number of H-pyrrole nitrogens is 1. The molecule has 2 aliphatic rings. The molecule has 5 rings (SSSR count). The van der Waals surface area contributed by atoms with E-state index in [1.54, 1.807) is 7.11 Å². The topological polar surface area (TPSA) is 116 Å². The zero-order chi connectivity index (χ0) is 31.6. The van der Waals surface area contributed by atoms with Gasteiger partial charge in [-0.15, -0.1) is 0 Å². The molecule has 0 saturated carbocycles. The van der Waals surface area contributed by atoms with E-state index >= 15 is 4.39 Å². The molecular weight excluding hydrogens is 586 g/mol. The SMILES string of the molecule is CCN(C)C1CN(c2cc(F)c(-c3cnc(N4CCOCC4)nc3)cc2NC(=O)c2c[nH]c(=O)cc2C(F)(F)F)CC1OC. The lowest BCUT2D eigenvalue weighted by molar-refractivity contribution is -0.138. The van der Waals surface area contributed by atoms with Crippen molar-refractivity contribution in [3.8, 4) is 11.1 Å². The lowest BCUT2D eigenvalue weighted by Gasteiger charge is -2.27. The van der Waals surface area contributed by atoms with Gasteiger partial charge in [0.05, 0.1) is 47.9 Å². The predicted molar refractivity (Wildman–Crippen MR) is 156 cm³/mol. The molecule has 0 spiro atoms. The Hall–Kier alpha value is -4.08. The summed E-state index contributed by atoms with van der Waals surface area (Å²) in [6, 6.07) is 2.86. The Kier molecular flexibility index (Phi) is 9.18. The number of aromatic amines is 1. The second-order valence-electron chi connectivity index (χ2n) is 10.6. The van der Waals surface area contributed by atoms with Crippen LogP contribution in [0.4, 0.5) is 34.9 Å². The number of methoxy groups -OCH3 is 1. The molecular formula is C29H33F4N7O4. The number of aromatic nitrogens is 3.